The van der Waals surface area contributed by atoms with Crippen molar-refractivity contribution < 1.29 is 23.7 Å². The van der Waals surface area contributed by atoms with Crippen LogP contribution in [0.2, 0.25) is 0 Å². The lowest BCUT2D eigenvalue weighted by Gasteiger charge is -2.31. The molecule has 0 spiro atoms. The summed E-state index contributed by atoms with van der Waals surface area (Å²) in [5, 5.41) is 4.96. The molecule has 0 bridgehead atoms. The zero-order valence-electron chi connectivity index (χ0n) is 22.5. The van der Waals surface area contributed by atoms with Gasteiger partial charge in [-0.1, -0.05) is 6.07 Å². The van der Waals surface area contributed by atoms with E-state index in [4.69, 9.17) is 28.8 Å². The van der Waals surface area contributed by atoms with Gasteiger partial charge in [0, 0.05) is 32.9 Å². The average Bonchev–Trinajstić information content (AvgIpc) is 3.67. The van der Waals surface area contributed by atoms with E-state index in [1.54, 1.807) is 21.3 Å². The summed E-state index contributed by atoms with van der Waals surface area (Å²) in [6.45, 7) is 6.83. The van der Waals surface area contributed by atoms with Crippen LogP contribution in [0.15, 0.2) is 30.3 Å². The Balaban J connectivity index is 1.61. The van der Waals surface area contributed by atoms with E-state index in [1.165, 1.54) is 12.8 Å². The maximum absolute atomic E-state index is 5.89. The molecule has 8 heteroatoms. The van der Waals surface area contributed by atoms with E-state index in [-0.39, 0.29) is 0 Å². The Hall–Kier alpha value is -2.97. The molecule has 0 unspecified atom stereocenters. The number of methoxy groups -OCH3 is 3. The highest BCUT2D eigenvalue weighted by atomic mass is 16.5. The van der Waals surface area contributed by atoms with Crippen molar-refractivity contribution in [1.29, 1.82) is 0 Å². The zero-order valence-corrected chi connectivity index (χ0v) is 22.5. The van der Waals surface area contributed by atoms with Crippen molar-refractivity contribution in [2.24, 2.45) is 11.8 Å². The molecule has 3 aromatic rings. The van der Waals surface area contributed by atoms with Crippen LogP contribution in [0, 0.1) is 11.8 Å². The van der Waals surface area contributed by atoms with Crippen molar-refractivity contribution in [2.45, 2.75) is 39.2 Å². The first-order chi connectivity index (χ1) is 18.2. The van der Waals surface area contributed by atoms with Crippen molar-refractivity contribution in [2.75, 3.05) is 59.1 Å². The molecule has 1 aliphatic heterocycles. The molecule has 2 aromatic heterocycles. The minimum atomic E-state index is 0.496. The van der Waals surface area contributed by atoms with Crippen LogP contribution < -0.4 is 19.1 Å². The molecule has 5 rings (SSSR count). The third kappa shape index (κ3) is 5.50. The molecular weight excluding hydrogens is 470 g/mol. The molecule has 1 saturated carbocycles. The van der Waals surface area contributed by atoms with E-state index in [2.05, 4.69) is 23.1 Å². The number of anilines is 1. The lowest BCUT2D eigenvalue weighted by molar-refractivity contribution is 0.0681. The highest BCUT2D eigenvalue weighted by Crippen LogP contribution is 2.43. The Morgan fingerprint density at radius 1 is 0.946 bits per heavy atom. The molecule has 37 heavy (non-hydrogen) atoms. The first-order valence-electron chi connectivity index (χ1n) is 13.4. The first-order valence-corrected chi connectivity index (χ1v) is 13.4. The van der Waals surface area contributed by atoms with Gasteiger partial charge in [-0.15, -0.1) is 5.10 Å². The van der Waals surface area contributed by atoms with Gasteiger partial charge in [-0.3, -0.25) is 0 Å². The van der Waals surface area contributed by atoms with Gasteiger partial charge in [-0.2, -0.15) is 0 Å². The van der Waals surface area contributed by atoms with E-state index in [9.17, 15) is 0 Å². The number of hydrogen-bond acceptors (Lipinski definition) is 7. The summed E-state index contributed by atoms with van der Waals surface area (Å²) in [4.78, 5) is 2.51. The molecule has 3 heterocycles. The summed E-state index contributed by atoms with van der Waals surface area (Å²) >= 11 is 0. The average molecular weight is 510 g/mol. The van der Waals surface area contributed by atoms with Gasteiger partial charge < -0.3 is 28.6 Å². The third-order valence-corrected chi connectivity index (χ3v) is 7.40. The summed E-state index contributed by atoms with van der Waals surface area (Å²) in [5.41, 5.74) is 4.82. The van der Waals surface area contributed by atoms with Crippen LogP contribution >= 0.6 is 0 Å². The molecular formula is C29H39N3O5. The van der Waals surface area contributed by atoms with Gasteiger partial charge in [0.15, 0.2) is 0 Å². The van der Waals surface area contributed by atoms with Gasteiger partial charge >= 0.3 is 0 Å². The second kappa shape index (κ2) is 11.6. The van der Waals surface area contributed by atoms with E-state index >= 15 is 0 Å². The fraction of sp³-hybridized carbons (Fsp3) is 0.552. The topological polar surface area (TPSA) is 66.7 Å². The minimum absolute atomic E-state index is 0.496. The fourth-order valence-electron chi connectivity index (χ4n) is 5.29. The molecule has 2 aliphatic rings. The molecule has 1 saturated heterocycles. The second-order valence-corrected chi connectivity index (χ2v) is 9.98. The molecule has 0 radical (unpaired) electrons. The van der Waals surface area contributed by atoms with Crippen molar-refractivity contribution in [3.63, 3.8) is 0 Å². The number of ether oxygens (including phenoxy) is 5. The maximum atomic E-state index is 5.89. The number of hydrogen-bond donors (Lipinski definition) is 0. The number of pyridine rings is 1. The van der Waals surface area contributed by atoms with Crippen LogP contribution in [0.1, 0.15) is 38.2 Å². The van der Waals surface area contributed by atoms with E-state index in [0.717, 1.165) is 84.6 Å². The Kier molecular flexibility index (Phi) is 8.05. The smallest absolute Gasteiger partial charge is 0.257 e. The van der Waals surface area contributed by atoms with E-state index < -0.39 is 0 Å². The minimum Gasteiger partial charge on any atom is -0.496 e. The van der Waals surface area contributed by atoms with Gasteiger partial charge in [0.1, 0.15) is 17.2 Å². The van der Waals surface area contributed by atoms with Crippen LogP contribution in [-0.2, 0) is 16.1 Å². The Morgan fingerprint density at radius 2 is 1.62 bits per heavy atom. The van der Waals surface area contributed by atoms with Crippen molar-refractivity contribution in [3.05, 3.63) is 35.9 Å². The number of aromatic nitrogens is 2. The maximum Gasteiger partial charge on any atom is 0.257 e. The third-order valence-electron chi connectivity index (χ3n) is 7.40. The fourth-order valence-corrected chi connectivity index (χ4v) is 5.29. The number of fused-ring (bicyclic) bond motifs is 1. The first kappa shape index (κ1) is 25.7. The summed E-state index contributed by atoms with van der Waals surface area (Å²) in [7, 11) is 5.07. The quantitative estimate of drug-likeness (QED) is 0.332. The summed E-state index contributed by atoms with van der Waals surface area (Å²) < 4.78 is 30.8. The lowest BCUT2D eigenvalue weighted by atomic mass is 9.99. The van der Waals surface area contributed by atoms with Crippen molar-refractivity contribution in [3.8, 4) is 28.6 Å². The Bertz CT molecular complexity index is 1170. The Labute approximate surface area is 219 Å². The molecule has 0 atom stereocenters. The van der Waals surface area contributed by atoms with Crippen LogP contribution in [-0.4, -0.2) is 63.9 Å². The van der Waals surface area contributed by atoms with Gasteiger partial charge in [-0.25, -0.2) is 4.52 Å². The monoisotopic (exact) mass is 509 g/mol. The molecule has 0 N–H and O–H groups in total. The van der Waals surface area contributed by atoms with Gasteiger partial charge in [-0.05, 0) is 74.3 Å². The molecule has 0 amide bonds. The predicted molar refractivity (Wildman–Crippen MR) is 144 cm³/mol. The molecule has 200 valence electrons. The molecule has 1 aliphatic carbocycles. The Morgan fingerprint density at radius 3 is 2.22 bits per heavy atom. The highest BCUT2D eigenvalue weighted by Gasteiger charge is 2.31. The van der Waals surface area contributed by atoms with E-state index in [1.807, 2.05) is 23.6 Å². The SMILES string of the molecule is CCOCc1cc(OC)c(-c2cccc3c(N(CC4CCOCC4)CC4CC4)c(OC)nn23)c(OC)c1. The summed E-state index contributed by atoms with van der Waals surface area (Å²) in [6.07, 6.45) is 4.77. The van der Waals surface area contributed by atoms with Crippen LogP contribution in [0.3, 0.4) is 0 Å². The van der Waals surface area contributed by atoms with Crippen LogP contribution in [0.4, 0.5) is 5.69 Å². The summed E-state index contributed by atoms with van der Waals surface area (Å²) in [5.74, 6) is 3.42. The second-order valence-electron chi connectivity index (χ2n) is 9.98. The zero-order chi connectivity index (χ0) is 25.8. The van der Waals surface area contributed by atoms with Crippen LogP contribution in [0.5, 0.6) is 17.4 Å². The number of nitrogens with zero attached hydrogens (tertiary/aromatic N) is 3. The van der Waals surface area contributed by atoms with Crippen LogP contribution in [0.25, 0.3) is 16.8 Å². The normalized spacial score (nSPS) is 16.2. The number of rotatable bonds is 12. The largest absolute Gasteiger partial charge is 0.496 e. The van der Waals surface area contributed by atoms with Crippen molar-refractivity contribution >= 4 is 11.2 Å². The molecule has 8 nitrogen and oxygen atoms in total. The lowest BCUT2D eigenvalue weighted by Crippen LogP contribution is -2.34. The summed E-state index contributed by atoms with van der Waals surface area (Å²) in [6, 6.07) is 10.3. The number of benzene rings is 1. The highest BCUT2D eigenvalue weighted by molar-refractivity contribution is 5.84. The van der Waals surface area contributed by atoms with Gasteiger partial charge in [0.2, 0.25) is 0 Å². The molecule has 2 fully saturated rings. The van der Waals surface area contributed by atoms with Gasteiger partial charge in [0.05, 0.1) is 44.7 Å². The standard InChI is InChI=1S/C29H39N3O5/c1-5-36-19-22-15-25(33-2)27(26(16-22)34-3)23-7-6-8-24-28(29(35-4)30-32(23)24)31(17-20-9-10-20)18-21-11-13-37-14-12-21/h6-8,15-16,20-21H,5,9-14,17-19H2,1-4H3. The van der Waals surface area contributed by atoms with E-state index in [0.29, 0.717) is 25.0 Å². The van der Waals surface area contributed by atoms with Gasteiger partial charge in [0.25, 0.3) is 5.88 Å². The van der Waals surface area contributed by atoms with Crippen molar-refractivity contribution in [1.82, 2.24) is 9.61 Å². The molecule has 1 aromatic carbocycles. The predicted octanol–water partition coefficient (Wildman–Crippen LogP) is 5.21.